The van der Waals surface area contributed by atoms with E-state index in [2.05, 4.69) is 35.3 Å². The summed E-state index contributed by atoms with van der Waals surface area (Å²) in [5.41, 5.74) is 1.76. The summed E-state index contributed by atoms with van der Waals surface area (Å²) >= 11 is 5.90. The van der Waals surface area contributed by atoms with Gasteiger partial charge in [0.25, 0.3) is 0 Å². The third-order valence-electron chi connectivity index (χ3n) is 2.28. The van der Waals surface area contributed by atoms with E-state index in [-0.39, 0.29) is 5.54 Å². The number of alkyl halides is 1. The molecule has 0 spiro atoms. The minimum Gasteiger partial charge on any atom is -0.306 e. The maximum Gasteiger partial charge on any atom is 0.160 e. The van der Waals surface area contributed by atoms with Crippen LogP contribution in [0.4, 0.5) is 0 Å². The molecule has 0 aliphatic rings. The van der Waals surface area contributed by atoms with E-state index in [1.165, 1.54) is 0 Å². The summed E-state index contributed by atoms with van der Waals surface area (Å²) in [5, 5.41) is 0. The Balaban J connectivity index is 2.79. The number of halogens is 1. The quantitative estimate of drug-likeness (QED) is 0.696. The molecule has 0 saturated heterocycles. The van der Waals surface area contributed by atoms with E-state index in [9.17, 15) is 0 Å². The molecule has 0 aliphatic carbocycles. The van der Waals surface area contributed by atoms with Crippen LogP contribution in [0.15, 0.2) is 18.3 Å². The van der Waals surface area contributed by atoms with Gasteiger partial charge in [0.2, 0.25) is 0 Å². The summed E-state index contributed by atoms with van der Waals surface area (Å²) in [6, 6.07) is 3.85. The third-order valence-corrected chi connectivity index (χ3v) is 2.51. The summed E-state index contributed by atoms with van der Waals surface area (Å²) in [4.78, 5) is 8.82. The van der Waals surface area contributed by atoms with E-state index in [1.54, 1.807) is 6.20 Å². The Morgan fingerprint density at radius 3 is 2.73 bits per heavy atom. The Bertz CT molecular complexity index is 482. The Morgan fingerprint density at radius 2 is 2.13 bits per heavy atom. The van der Waals surface area contributed by atoms with E-state index in [4.69, 9.17) is 11.6 Å². The summed E-state index contributed by atoms with van der Waals surface area (Å²) < 4.78 is 2.09. The molecular weight excluding hydrogens is 210 g/mol. The number of nitrogens with zero attached hydrogens (tertiary/aromatic N) is 3. The standard InChI is InChI=1S/C11H14ClN3/c1-11(2,3)15-9(7-12)14-8-5-4-6-13-10(8)15/h4-6H,7H2,1-3H3. The Kier molecular flexibility index (Phi) is 2.43. The molecule has 0 saturated carbocycles. The van der Waals surface area contributed by atoms with Crippen molar-refractivity contribution < 1.29 is 0 Å². The molecule has 0 atom stereocenters. The van der Waals surface area contributed by atoms with Crippen molar-refractivity contribution in [2.45, 2.75) is 32.2 Å². The van der Waals surface area contributed by atoms with Crippen LogP contribution >= 0.6 is 11.6 Å². The van der Waals surface area contributed by atoms with Gasteiger partial charge < -0.3 is 4.57 Å². The summed E-state index contributed by atoms with van der Waals surface area (Å²) in [7, 11) is 0. The minimum atomic E-state index is -0.0483. The van der Waals surface area contributed by atoms with Crippen molar-refractivity contribution >= 4 is 22.8 Å². The molecule has 0 radical (unpaired) electrons. The summed E-state index contributed by atoms with van der Waals surface area (Å²) in [6.07, 6.45) is 1.78. The van der Waals surface area contributed by atoms with Crippen molar-refractivity contribution in [1.82, 2.24) is 14.5 Å². The molecule has 2 rings (SSSR count). The van der Waals surface area contributed by atoms with Crippen LogP contribution in [0, 0.1) is 0 Å². The second-order valence-electron chi connectivity index (χ2n) is 4.51. The predicted octanol–water partition coefficient (Wildman–Crippen LogP) is 2.93. The van der Waals surface area contributed by atoms with Gasteiger partial charge in [-0.3, -0.25) is 0 Å². The molecule has 80 valence electrons. The lowest BCUT2D eigenvalue weighted by molar-refractivity contribution is 0.396. The van der Waals surface area contributed by atoms with Gasteiger partial charge >= 0.3 is 0 Å². The number of imidazole rings is 1. The molecule has 0 amide bonds. The fraction of sp³-hybridized carbons (Fsp3) is 0.455. The monoisotopic (exact) mass is 223 g/mol. The van der Waals surface area contributed by atoms with E-state index in [0.717, 1.165) is 17.0 Å². The van der Waals surface area contributed by atoms with Gasteiger partial charge in [-0.1, -0.05) is 0 Å². The van der Waals surface area contributed by atoms with E-state index in [1.807, 2.05) is 12.1 Å². The van der Waals surface area contributed by atoms with E-state index >= 15 is 0 Å². The van der Waals surface area contributed by atoms with Gasteiger partial charge in [0.1, 0.15) is 11.3 Å². The summed E-state index contributed by atoms with van der Waals surface area (Å²) in [5.74, 6) is 1.28. The molecule has 2 heterocycles. The van der Waals surface area contributed by atoms with Crippen LogP contribution in [0.25, 0.3) is 11.2 Å². The molecule has 4 heteroatoms. The maximum absolute atomic E-state index is 5.90. The van der Waals surface area contributed by atoms with Crippen LogP contribution in [0.3, 0.4) is 0 Å². The van der Waals surface area contributed by atoms with Crippen molar-refractivity contribution in [3.63, 3.8) is 0 Å². The first-order valence-corrected chi connectivity index (χ1v) is 5.46. The molecule has 2 aromatic rings. The average Bonchev–Trinajstić information content (AvgIpc) is 2.54. The molecule has 0 aromatic carbocycles. The molecule has 0 N–H and O–H groups in total. The minimum absolute atomic E-state index is 0.0483. The van der Waals surface area contributed by atoms with E-state index < -0.39 is 0 Å². The average molecular weight is 224 g/mol. The van der Waals surface area contributed by atoms with Gasteiger partial charge in [0.15, 0.2) is 5.65 Å². The van der Waals surface area contributed by atoms with E-state index in [0.29, 0.717) is 5.88 Å². The van der Waals surface area contributed by atoms with Crippen molar-refractivity contribution in [2.75, 3.05) is 0 Å². The lowest BCUT2D eigenvalue weighted by Gasteiger charge is -2.23. The van der Waals surface area contributed by atoms with Gasteiger partial charge in [0.05, 0.1) is 5.88 Å². The zero-order valence-corrected chi connectivity index (χ0v) is 9.91. The van der Waals surface area contributed by atoms with Gasteiger partial charge in [-0.05, 0) is 32.9 Å². The fourth-order valence-electron chi connectivity index (χ4n) is 1.75. The van der Waals surface area contributed by atoms with Gasteiger partial charge in [-0.15, -0.1) is 11.6 Å². The maximum atomic E-state index is 5.90. The summed E-state index contributed by atoms with van der Waals surface area (Å²) in [6.45, 7) is 6.37. The number of hydrogen-bond donors (Lipinski definition) is 0. The van der Waals surface area contributed by atoms with Crippen molar-refractivity contribution in [3.8, 4) is 0 Å². The largest absolute Gasteiger partial charge is 0.306 e. The lowest BCUT2D eigenvalue weighted by atomic mass is 10.1. The van der Waals surface area contributed by atoms with Gasteiger partial charge in [0, 0.05) is 11.7 Å². The molecule has 0 aliphatic heterocycles. The zero-order chi connectivity index (χ0) is 11.1. The molecule has 0 unspecified atom stereocenters. The normalized spacial score (nSPS) is 12.3. The topological polar surface area (TPSA) is 30.7 Å². The Labute approximate surface area is 94.1 Å². The number of rotatable bonds is 1. The zero-order valence-electron chi connectivity index (χ0n) is 9.16. The smallest absolute Gasteiger partial charge is 0.160 e. The number of pyridine rings is 1. The molecule has 0 bridgehead atoms. The molecule has 0 fully saturated rings. The Morgan fingerprint density at radius 1 is 1.40 bits per heavy atom. The van der Waals surface area contributed by atoms with Crippen molar-refractivity contribution in [3.05, 3.63) is 24.2 Å². The first-order chi connectivity index (χ1) is 7.04. The van der Waals surface area contributed by atoms with Gasteiger partial charge in [-0.25, -0.2) is 9.97 Å². The highest BCUT2D eigenvalue weighted by Crippen LogP contribution is 2.24. The highest BCUT2D eigenvalue weighted by molar-refractivity contribution is 6.16. The first-order valence-electron chi connectivity index (χ1n) is 4.93. The highest BCUT2D eigenvalue weighted by Gasteiger charge is 2.21. The Hall–Kier alpha value is -1.09. The van der Waals surface area contributed by atoms with Crippen LogP contribution in [-0.4, -0.2) is 14.5 Å². The van der Waals surface area contributed by atoms with Crippen LogP contribution in [0.1, 0.15) is 26.6 Å². The number of hydrogen-bond acceptors (Lipinski definition) is 2. The number of fused-ring (bicyclic) bond motifs is 1. The second-order valence-corrected chi connectivity index (χ2v) is 4.78. The predicted molar refractivity (Wildman–Crippen MR) is 62.1 cm³/mol. The fourth-order valence-corrected chi connectivity index (χ4v) is 1.93. The highest BCUT2D eigenvalue weighted by atomic mass is 35.5. The molecule has 2 aromatic heterocycles. The lowest BCUT2D eigenvalue weighted by Crippen LogP contribution is -2.24. The third kappa shape index (κ3) is 1.72. The number of aromatic nitrogens is 3. The SMILES string of the molecule is CC(C)(C)n1c(CCl)nc2cccnc21. The van der Waals surface area contributed by atoms with Crippen LogP contribution < -0.4 is 0 Å². The second kappa shape index (κ2) is 3.49. The molecular formula is C11H14ClN3. The van der Waals surface area contributed by atoms with Crippen molar-refractivity contribution in [1.29, 1.82) is 0 Å². The first kappa shape index (κ1) is 10.4. The van der Waals surface area contributed by atoms with Crippen molar-refractivity contribution in [2.24, 2.45) is 0 Å². The molecule has 15 heavy (non-hydrogen) atoms. The van der Waals surface area contributed by atoms with Crippen LogP contribution in [0.5, 0.6) is 0 Å². The van der Waals surface area contributed by atoms with Crippen LogP contribution in [0.2, 0.25) is 0 Å². The van der Waals surface area contributed by atoms with Gasteiger partial charge in [-0.2, -0.15) is 0 Å². The molecule has 3 nitrogen and oxygen atoms in total. The van der Waals surface area contributed by atoms with Crippen LogP contribution in [-0.2, 0) is 11.4 Å².